The second-order valence-electron chi connectivity index (χ2n) is 4.61. The van der Waals surface area contributed by atoms with Crippen LogP contribution in [0.15, 0.2) is 30.5 Å². The van der Waals surface area contributed by atoms with Gasteiger partial charge in [0.05, 0.1) is 11.9 Å². The van der Waals surface area contributed by atoms with Gasteiger partial charge in [0.25, 0.3) is 0 Å². The Morgan fingerprint density at radius 1 is 1.45 bits per heavy atom. The van der Waals surface area contributed by atoms with Crippen molar-refractivity contribution in [2.75, 3.05) is 0 Å². The van der Waals surface area contributed by atoms with Crippen LogP contribution in [-0.4, -0.2) is 26.2 Å². The van der Waals surface area contributed by atoms with Crippen molar-refractivity contribution < 1.29 is 9.84 Å². The average molecular weight is 296 g/mol. The summed E-state index contributed by atoms with van der Waals surface area (Å²) < 4.78 is 7.41. The van der Waals surface area contributed by atoms with Crippen molar-refractivity contribution in [1.29, 1.82) is 0 Å². The summed E-state index contributed by atoms with van der Waals surface area (Å²) in [6.07, 6.45) is 1.27. The number of hydrogen-bond acceptors (Lipinski definition) is 4. The minimum Gasteiger partial charge on any atom is -0.488 e. The molecule has 0 aliphatic rings. The van der Waals surface area contributed by atoms with Crippen molar-refractivity contribution in [3.05, 3.63) is 41.2 Å². The molecule has 2 unspecified atom stereocenters. The Hall–Kier alpha value is -1.59. The predicted octanol–water partition coefficient (Wildman–Crippen LogP) is 2.84. The van der Waals surface area contributed by atoms with Crippen LogP contribution in [0.4, 0.5) is 0 Å². The molecule has 6 heteroatoms. The first-order valence-electron chi connectivity index (χ1n) is 6.60. The summed E-state index contributed by atoms with van der Waals surface area (Å²) in [5.41, 5.74) is 0.654. The normalized spacial score (nSPS) is 14.0. The number of benzene rings is 1. The van der Waals surface area contributed by atoms with Crippen molar-refractivity contribution >= 4 is 11.6 Å². The van der Waals surface area contributed by atoms with Crippen molar-refractivity contribution in [3.8, 4) is 5.75 Å². The van der Waals surface area contributed by atoms with E-state index in [1.54, 1.807) is 42.1 Å². The van der Waals surface area contributed by atoms with Gasteiger partial charge >= 0.3 is 0 Å². The number of aromatic nitrogens is 3. The molecule has 0 saturated carbocycles. The van der Waals surface area contributed by atoms with Gasteiger partial charge in [-0.2, -0.15) is 0 Å². The molecule has 0 saturated heterocycles. The highest BCUT2D eigenvalue weighted by molar-refractivity contribution is 6.30. The minimum atomic E-state index is -0.796. The number of aliphatic hydroxyl groups excluding tert-OH is 1. The van der Waals surface area contributed by atoms with Gasteiger partial charge in [-0.1, -0.05) is 29.8 Å². The van der Waals surface area contributed by atoms with Gasteiger partial charge in [-0.25, -0.2) is 4.68 Å². The Morgan fingerprint density at radius 3 is 2.95 bits per heavy atom. The van der Waals surface area contributed by atoms with E-state index < -0.39 is 12.2 Å². The van der Waals surface area contributed by atoms with E-state index >= 15 is 0 Å². The third-order valence-corrected chi connectivity index (χ3v) is 3.18. The zero-order chi connectivity index (χ0) is 14.5. The third-order valence-electron chi connectivity index (χ3n) is 2.95. The Labute approximate surface area is 123 Å². The fourth-order valence-electron chi connectivity index (χ4n) is 1.94. The van der Waals surface area contributed by atoms with Crippen molar-refractivity contribution in [3.63, 3.8) is 0 Å². The zero-order valence-electron chi connectivity index (χ0n) is 11.5. The second-order valence-corrected chi connectivity index (χ2v) is 5.04. The lowest BCUT2D eigenvalue weighted by molar-refractivity contribution is 0.0405. The van der Waals surface area contributed by atoms with Gasteiger partial charge < -0.3 is 9.84 Å². The monoisotopic (exact) mass is 295 g/mol. The molecule has 0 radical (unpaired) electrons. The van der Waals surface area contributed by atoms with Crippen molar-refractivity contribution in [2.24, 2.45) is 0 Å². The topological polar surface area (TPSA) is 60.2 Å². The first-order valence-corrected chi connectivity index (χ1v) is 6.98. The molecule has 1 heterocycles. The first kappa shape index (κ1) is 14.8. The molecule has 5 nitrogen and oxygen atoms in total. The van der Waals surface area contributed by atoms with Crippen LogP contribution < -0.4 is 4.74 Å². The van der Waals surface area contributed by atoms with E-state index in [9.17, 15) is 5.11 Å². The number of nitrogens with zero attached hydrogens (tertiary/aromatic N) is 3. The number of aryl methyl sites for hydroxylation is 1. The molecule has 0 aliphatic heterocycles. The fraction of sp³-hybridized carbons (Fsp3) is 0.429. The Morgan fingerprint density at radius 2 is 2.25 bits per heavy atom. The zero-order valence-corrected chi connectivity index (χ0v) is 12.3. The second kappa shape index (κ2) is 6.72. The first-order chi connectivity index (χ1) is 9.61. The Balaban J connectivity index is 2.08. The van der Waals surface area contributed by atoms with Gasteiger partial charge in [-0.05, 0) is 31.5 Å². The molecule has 1 N–H and O–H groups in total. The van der Waals surface area contributed by atoms with Crippen LogP contribution in [-0.2, 0) is 6.54 Å². The molecule has 0 fully saturated rings. The van der Waals surface area contributed by atoms with Crippen LogP contribution in [0.1, 0.15) is 32.1 Å². The Bertz CT molecular complexity index is 559. The van der Waals surface area contributed by atoms with E-state index in [1.807, 2.05) is 6.92 Å². The van der Waals surface area contributed by atoms with Gasteiger partial charge in [0.15, 0.2) is 0 Å². The molecule has 2 rings (SSSR count). The molecular weight excluding hydrogens is 278 g/mol. The van der Waals surface area contributed by atoms with Crippen LogP contribution in [0.5, 0.6) is 5.75 Å². The van der Waals surface area contributed by atoms with E-state index in [0.29, 0.717) is 16.5 Å². The lowest BCUT2D eigenvalue weighted by atomic mass is 10.1. The summed E-state index contributed by atoms with van der Waals surface area (Å²) in [5.74, 6) is 0.624. The lowest BCUT2D eigenvalue weighted by Crippen LogP contribution is -2.24. The summed E-state index contributed by atoms with van der Waals surface area (Å²) in [6, 6.07) is 7.10. The van der Waals surface area contributed by atoms with Crippen molar-refractivity contribution in [2.45, 2.75) is 39.0 Å². The molecule has 0 bridgehead atoms. The molecule has 20 heavy (non-hydrogen) atoms. The molecule has 2 atom stereocenters. The van der Waals surface area contributed by atoms with Gasteiger partial charge in [-0.15, -0.1) is 5.10 Å². The summed E-state index contributed by atoms with van der Waals surface area (Å²) >= 11 is 5.91. The number of aliphatic hydroxyl groups is 1. The van der Waals surface area contributed by atoms with E-state index in [4.69, 9.17) is 16.3 Å². The standard InChI is InChI=1S/C14H18ClN3O2/c1-3-7-18-13(9-16-17-18)14(19)10(2)20-12-6-4-5-11(15)8-12/h4-6,8-10,14,19H,3,7H2,1-2H3. The summed E-state index contributed by atoms with van der Waals surface area (Å²) in [4.78, 5) is 0. The molecule has 1 aromatic heterocycles. The molecule has 0 amide bonds. The maximum atomic E-state index is 10.4. The van der Waals surface area contributed by atoms with Gasteiger partial charge in [-0.3, -0.25) is 0 Å². The predicted molar refractivity (Wildman–Crippen MR) is 76.8 cm³/mol. The fourth-order valence-corrected chi connectivity index (χ4v) is 2.12. The molecule has 2 aromatic rings. The van der Waals surface area contributed by atoms with Crippen LogP contribution in [0.2, 0.25) is 5.02 Å². The van der Waals surface area contributed by atoms with Crippen LogP contribution in [0.3, 0.4) is 0 Å². The highest BCUT2D eigenvalue weighted by Gasteiger charge is 2.22. The molecular formula is C14H18ClN3O2. The SMILES string of the molecule is CCCn1nncc1C(O)C(C)Oc1cccc(Cl)c1. The molecule has 0 spiro atoms. The summed E-state index contributed by atoms with van der Waals surface area (Å²) in [5, 5.41) is 18.8. The van der Waals surface area contributed by atoms with Gasteiger partial charge in [0.1, 0.15) is 18.0 Å². The van der Waals surface area contributed by atoms with Crippen molar-refractivity contribution in [1.82, 2.24) is 15.0 Å². The van der Waals surface area contributed by atoms with Gasteiger partial charge in [0.2, 0.25) is 0 Å². The van der Waals surface area contributed by atoms with E-state index in [2.05, 4.69) is 10.3 Å². The average Bonchev–Trinajstić information content (AvgIpc) is 2.86. The number of ether oxygens (including phenoxy) is 1. The number of hydrogen-bond donors (Lipinski definition) is 1. The van der Waals surface area contributed by atoms with Crippen LogP contribution >= 0.6 is 11.6 Å². The van der Waals surface area contributed by atoms with Gasteiger partial charge in [0, 0.05) is 11.6 Å². The van der Waals surface area contributed by atoms with E-state index in [1.165, 1.54) is 0 Å². The lowest BCUT2D eigenvalue weighted by Gasteiger charge is -2.21. The molecule has 108 valence electrons. The maximum absolute atomic E-state index is 10.4. The summed E-state index contributed by atoms with van der Waals surface area (Å²) in [6.45, 7) is 4.56. The smallest absolute Gasteiger partial charge is 0.134 e. The van der Waals surface area contributed by atoms with Crippen LogP contribution in [0, 0.1) is 0 Å². The largest absolute Gasteiger partial charge is 0.488 e. The Kier molecular flexibility index (Phi) is 4.98. The van der Waals surface area contributed by atoms with E-state index in [0.717, 1.165) is 13.0 Å². The quantitative estimate of drug-likeness (QED) is 0.890. The minimum absolute atomic E-state index is 0.428. The number of halogens is 1. The third kappa shape index (κ3) is 3.49. The summed E-state index contributed by atoms with van der Waals surface area (Å²) in [7, 11) is 0. The number of rotatable bonds is 6. The molecule has 0 aliphatic carbocycles. The van der Waals surface area contributed by atoms with Crippen LogP contribution in [0.25, 0.3) is 0 Å². The maximum Gasteiger partial charge on any atom is 0.134 e. The van der Waals surface area contributed by atoms with E-state index in [-0.39, 0.29) is 0 Å². The highest BCUT2D eigenvalue weighted by atomic mass is 35.5. The molecule has 1 aromatic carbocycles. The highest BCUT2D eigenvalue weighted by Crippen LogP contribution is 2.23.